The number of unbranched alkanes of at least 4 members (excludes halogenated alkanes) is 30. The first-order valence-electron chi connectivity index (χ1n) is 20.8. The Morgan fingerprint density at radius 1 is 0.458 bits per heavy atom. The fraction of sp³-hybridized carbons (Fsp3) is 0.857. The van der Waals surface area contributed by atoms with Gasteiger partial charge in [0.25, 0.3) is 0 Å². The summed E-state index contributed by atoms with van der Waals surface area (Å²) in [4.78, 5) is 24.7. The molecule has 0 fully saturated rings. The number of hydrogen-bond acceptors (Lipinski definition) is 4. The first-order chi connectivity index (χ1) is 23.0. The number of rotatable bonds is 36. The molecule has 0 N–H and O–H groups in total. The van der Waals surface area contributed by atoms with Gasteiger partial charge in [0.2, 0.25) is 0 Å². The maximum Gasteiger partial charge on any atom is 2.00 e. The third-order valence-corrected chi connectivity index (χ3v) is 12.7. The largest absolute Gasteiger partial charge is 2.00 e. The van der Waals surface area contributed by atoms with E-state index in [9.17, 15) is 9.79 Å². The third-order valence-electron chi connectivity index (χ3n) is 9.95. The van der Waals surface area contributed by atoms with Crippen LogP contribution in [0.5, 0.6) is 0 Å². The van der Waals surface area contributed by atoms with Crippen LogP contribution in [-0.4, -0.2) is 0 Å². The van der Waals surface area contributed by atoms with Crippen molar-refractivity contribution in [3.8, 4) is 0 Å². The molecule has 0 radical (unpaired) electrons. The molecule has 0 aliphatic carbocycles. The van der Waals surface area contributed by atoms with Crippen LogP contribution in [-0.2, 0) is 44.1 Å². The molecule has 2 nitrogen and oxygen atoms in total. The summed E-state index contributed by atoms with van der Waals surface area (Å²) in [6.07, 6.45) is 46.2. The van der Waals surface area contributed by atoms with Gasteiger partial charge < -0.3 is 9.79 Å². The molecule has 0 saturated carbocycles. The van der Waals surface area contributed by atoms with E-state index in [0.29, 0.717) is 0 Å². The zero-order valence-corrected chi connectivity index (χ0v) is 37.6. The van der Waals surface area contributed by atoms with E-state index < -0.39 is 5.69 Å². The molecule has 276 valence electrons. The van der Waals surface area contributed by atoms with Gasteiger partial charge in [-0.3, -0.25) is 0 Å². The molecule has 0 spiro atoms. The van der Waals surface area contributed by atoms with Crippen molar-refractivity contribution in [2.24, 2.45) is 0 Å². The normalized spacial score (nSPS) is 11.7. The average Bonchev–Trinajstić information content (AvgIpc) is 3.04. The van der Waals surface area contributed by atoms with E-state index in [-0.39, 0.29) is 19.5 Å². The molecule has 0 unspecified atom stereocenters. The summed E-state index contributed by atoms with van der Waals surface area (Å²) in [6.45, 7) is 4.58. The molecule has 0 bridgehead atoms. The van der Waals surface area contributed by atoms with Gasteiger partial charge in [-0.1, -0.05) is 219 Å². The van der Waals surface area contributed by atoms with Gasteiger partial charge in [0, 0.05) is 4.90 Å². The quantitative estimate of drug-likeness (QED) is 0.0387. The van der Waals surface area contributed by atoms with E-state index in [1.54, 1.807) is 0 Å². The van der Waals surface area contributed by atoms with Gasteiger partial charge in [0.1, 0.15) is 0 Å². The van der Waals surface area contributed by atoms with Gasteiger partial charge in [0.15, 0.2) is 0 Å². The Hall–Kier alpha value is 0.763. The molecule has 0 aliphatic heterocycles. The van der Waals surface area contributed by atoms with Crippen LogP contribution < -0.4 is 9.79 Å². The Bertz CT molecular complexity index is 862. The minimum Gasteiger partial charge on any atom is -0.824 e. The Labute approximate surface area is 322 Å². The van der Waals surface area contributed by atoms with Crippen molar-refractivity contribution in [3.05, 3.63) is 29.3 Å². The molecule has 0 aromatic heterocycles. The minimum atomic E-state index is -3.81. The predicted octanol–water partition coefficient (Wildman–Crippen LogP) is 14.3. The van der Waals surface area contributed by atoms with Crippen LogP contribution in [0.15, 0.2) is 23.1 Å². The van der Waals surface area contributed by atoms with Gasteiger partial charge in [0.05, 0.1) is 0 Å². The smallest absolute Gasteiger partial charge is 0.824 e. The van der Waals surface area contributed by atoms with E-state index >= 15 is 0 Å². The molecule has 0 amide bonds. The molecular weight excluding hydrogens is 697 g/mol. The zero-order chi connectivity index (χ0) is 34.1. The summed E-state index contributed by atoms with van der Waals surface area (Å²) in [5, 5.41) is 0. The topological polar surface area (TPSA) is 46.1 Å². The maximum absolute atomic E-state index is 11.9. The molecule has 0 aliphatic rings. The Morgan fingerprint density at radius 3 is 1.06 bits per heavy atom. The molecular formula is C42H77O2PS2Zn. The van der Waals surface area contributed by atoms with E-state index in [2.05, 4.69) is 26.0 Å². The van der Waals surface area contributed by atoms with E-state index in [1.165, 1.54) is 210 Å². The summed E-state index contributed by atoms with van der Waals surface area (Å²) in [5.74, 6) is 0. The maximum atomic E-state index is 11.9. The molecule has 6 heteroatoms. The zero-order valence-electron chi connectivity index (χ0n) is 32.1. The Balaban J connectivity index is 0.0000221. The van der Waals surface area contributed by atoms with Crippen molar-refractivity contribution in [3.63, 3.8) is 0 Å². The number of benzene rings is 1. The second-order valence-corrected chi connectivity index (χ2v) is 20.2. The monoisotopic (exact) mass is 772 g/mol. The second kappa shape index (κ2) is 36.1. The van der Waals surface area contributed by atoms with Crippen molar-refractivity contribution in [2.75, 3.05) is 0 Å². The molecule has 1 aromatic carbocycles. The summed E-state index contributed by atoms with van der Waals surface area (Å²) < 4.78 is 0. The van der Waals surface area contributed by atoms with Crippen LogP contribution in [0.1, 0.15) is 230 Å². The van der Waals surface area contributed by atoms with E-state index in [1.807, 2.05) is 6.07 Å². The van der Waals surface area contributed by atoms with Crippen molar-refractivity contribution in [1.82, 2.24) is 0 Å². The summed E-state index contributed by atoms with van der Waals surface area (Å²) in [5.41, 5.74) is -1.26. The summed E-state index contributed by atoms with van der Waals surface area (Å²) in [7, 11) is 0. The van der Waals surface area contributed by atoms with Crippen molar-refractivity contribution < 1.29 is 29.3 Å². The summed E-state index contributed by atoms with van der Waals surface area (Å²) >= 11 is 5.64. The van der Waals surface area contributed by atoms with Crippen LogP contribution in [0.25, 0.3) is 0 Å². The van der Waals surface area contributed by atoms with E-state index in [0.717, 1.165) is 35.5 Å². The Morgan fingerprint density at radius 2 is 0.750 bits per heavy atom. The van der Waals surface area contributed by atoms with Crippen LogP contribution in [0.4, 0.5) is 0 Å². The molecule has 0 saturated heterocycles. The van der Waals surface area contributed by atoms with Gasteiger partial charge in [-0.15, -0.1) is 23.2 Å². The molecule has 0 heterocycles. The summed E-state index contributed by atoms with van der Waals surface area (Å²) in [6, 6.07) is 6.44. The number of aryl methyl sites for hydroxylation is 2. The van der Waals surface area contributed by atoms with Crippen LogP contribution >= 0.6 is 17.1 Å². The standard InChI is InChI=1S/C42H79O2PS2.Zn/c1-3-5-7-9-11-13-15-17-19-21-23-25-27-29-31-33-35-40-37-38-42(47-45(43,44)46)41(39-40)36-34-32-30-28-26-24-22-20-18-16-14-12-10-8-6-4-2;/h37-39H,3-36H2,1-2H3,(H2,43,44,46);/q;+2/p-2. The predicted molar refractivity (Wildman–Crippen MR) is 213 cm³/mol. The fourth-order valence-corrected chi connectivity index (χ4v) is 9.56. The first-order valence-corrected chi connectivity index (χ1v) is 24.9. The van der Waals surface area contributed by atoms with Crippen molar-refractivity contribution >= 4 is 28.9 Å². The fourth-order valence-electron chi connectivity index (χ4n) is 6.93. The second-order valence-electron chi connectivity index (χ2n) is 14.6. The van der Waals surface area contributed by atoms with Gasteiger partial charge in [-0.25, -0.2) is 0 Å². The first kappa shape index (κ1) is 48.8. The molecule has 0 atom stereocenters. The van der Waals surface area contributed by atoms with E-state index in [4.69, 9.17) is 11.8 Å². The van der Waals surface area contributed by atoms with Crippen LogP contribution in [0.3, 0.4) is 0 Å². The van der Waals surface area contributed by atoms with Crippen LogP contribution in [0, 0.1) is 0 Å². The average molecular weight is 775 g/mol. The molecule has 1 aromatic rings. The van der Waals surface area contributed by atoms with Gasteiger partial charge in [-0.05, 0) is 42.9 Å². The van der Waals surface area contributed by atoms with Crippen molar-refractivity contribution in [2.45, 2.75) is 237 Å². The molecule has 1 rings (SSSR count). The molecule has 48 heavy (non-hydrogen) atoms. The minimum absolute atomic E-state index is 0. The third kappa shape index (κ3) is 32.7. The van der Waals surface area contributed by atoms with Gasteiger partial charge >= 0.3 is 19.5 Å². The SMILES string of the molecule is CCCCCCCCCCCCCCCCCCc1ccc(SP([O-])([O-])=S)c(CCCCCCCCCCCCCCCCCC)c1.[Zn+2]. The Kier molecular flexibility index (Phi) is 36.7. The number of hydrogen-bond donors (Lipinski definition) is 0. The van der Waals surface area contributed by atoms with Crippen LogP contribution in [0.2, 0.25) is 0 Å². The van der Waals surface area contributed by atoms with Gasteiger partial charge in [-0.2, -0.15) is 5.69 Å². The van der Waals surface area contributed by atoms with Crippen molar-refractivity contribution in [1.29, 1.82) is 0 Å².